The number of nitrogens with one attached hydrogen (secondary N) is 1. The Hall–Kier alpha value is -1.82. The summed E-state index contributed by atoms with van der Waals surface area (Å²) in [5.74, 6) is 0. The summed E-state index contributed by atoms with van der Waals surface area (Å²) in [4.78, 5) is 30.3. The first-order chi connectivity index (χ1) is 13.3. The van der Waals surface area contributed by atoms with Gasteiger partial charge < -0.3 is 28.5 Å². The lowest BCUT2D eigenvalue weighted by Gasteiger charge is -2.19. The Balaban J connectivity index is 2.06. The molecule has 0 radical (unpaired) electrons. The Morgan fingerprint density at radius 2 is 2.04 bits per heavy atom. The topological polar surface area (TPSA) is 151 Å². The Morgan fingerprint density at radius 1 is 1.36 bits per heavy atom. The molecule has 1 aromatic heterocycles. The highest BCUT2D eigenvalue weighted by atomic mass is 31.2. The van der Waals surface area contributed by atoms with Gasteiger partial charge in [-0.15, -0.1) is 0 Å². The molecule has 2 heterocycles. The second-order valence-electron chi connectivity index (χ2n) is 5.66. The number of aromatic amines is 1. The van der Waals surface area contributed by atoms with Crippen LogP contribution in [0.25, 0.3) is 0 Å². The summed E-state index contributed by atoms with van der Waals surface area (Å²) in [7, 11) is -2.08. The van der Waals surface area contributed by atoms with Crippen molar-refractivity contribution in [3.63, 3.8) is 0 Å². The minimum Gasteiger partial charge on any atom is -0.387 e. The zero-order chi connectivity index (χ0) is 20.7. The van der Waals surface area contributed by atoms with E-state index in [0.717, 1.165) is 16.8 Å². The third kappa shape index (κ3) is 5.37. The van der Waals surface area contributed by atoms with Crippen molar-refractivity contribution in [1.29, 1.82) is 0 Å². The van der Waals surface area contributed by atoms with Crippen LogP contribution in [0.4, 0.5) is 0 Å². The monoisotopic (exact) mass is 421 g/mol. The molecule has 0 spiro atoms. The predicted molar refractivity (Wildman–Crippen MR) is 97.3 cm³/mol. The molecule has 2 N–H and O–H groups in total. The largest absolute Gasteiger partial charge is 0.387 e. The fourth-order valence-electron chi connectivity index (χ4n) is 2.62. The molecule has 0 aromatic carbocycles. The number of methoxy groups -OCH3 is 1. The molecule has 1 saturated heterocycles. The number of aliphatic hydroxyl groups is 1. The number of aliphatic hydroxyl groups excluding tert-OH is 1. The predicted octanol–water partition coefficient (Wildman–Crippen LogP) is 0.0359. The van der Waals surface area contributed by atoms with Gasteiger partial charge in [-0.3, -0.25) is 18.9 Å². The first-order valence-corrected chi connectivity index (χ1v) is 10.3. The summed E-state index contributed by atoms with van der Waals surface area (Å²) in [5.41, 5.74) is -1.27. The zero-order valence-electron chi connectivity index (χ0n) is 15.7. The number of hydrogen-bond acceptors (Lipinski definition) is 10. The summed E-state index contributed by atoms with van der Waals surface area (Å²) in [6, 6.07) is 1.15. The molecule has 12 nitrogen and oxygen atoms in total. The maximum atomic E-state index is 12.3. The Labute approximate surface area is 160 Å². The lowest BCUT2D eigenvalue weighted by molar-refractivity contribution is -0.0478. The van der Waals surface area contributed by atoms with E-state index in [0.29, 0.717) is 0 Å². The van der Waals surface area contributed by atoms with Gasteiger partial charge in [0.1, 0.15) is 18.3 Å². The third-order valence-electron chi connectivity index (χ3n) is 3.80. The molecule has 2 unspecified atom stereocenters. The Bertz CT molecular complexity index is 813. The summed E-state index contributed by atoms with van der Waals surface area (Å²) < 4.78 is 34.3. The number of aromatic nitrogens is 2. The molecule has 2 rings (SSSR count). The van der Waals surface area contributed by atoms with E-state index in [-0.39, 0.29) is 13.2 Å². The van der Waals surface area contributed by atoms with E-state index in [1.807, 2.05) is 0 Å². The maximum absolute atomic E-state index is 12.3. The molecule has 0 amide bonds. The average molecular weight is 421 g/mol. The molecule has 4 atom stereocenters. The van der Waals surface area contributed by atoms with E-state index >= 15 is 0 Å². The van der Waals surface area contributed by atoms with Gasteiger partial charge in [-0.1, -0.05) is 5.16 Å². The van der Waals surface area contributed by atoms with Crippen LogP contribution < -0.4 is 11.2 Å². The molecule has 0 saturated carbocycles. The molecule has 0 aliphatic carbocycles. The third-order valence-corrected chi connectivity index (χ3v) is 5.53. The quantitative estimate of drug-likeness (QED) is 0.303. The minimum atomic E-state index is -3.43. The molecule has 1 aromatic rings. The molecule has 1 aliphatic rings. The van der Waals surface area contributed by atoms with E-state index < -0.39 is 49.7 Å². The molecule has 28 heavy (non-hydrogen) atoms. The lowest BCUT2D eigenvalue weighted by Crippen LogP contribution is -2.38. The van der Waals surface area contributed by atoms with E-state index in [1.165, 1.54) is 13.3 Å². The standard InChI is InChI=1S/C15H24N3O9P/c1-4-25-28(22,26-5-2)9-24-16-8-10-12(20)13(23-3)14(27-10)18-7-6-11(19)17-15(18)21/h6-8,10,12-14,20H,4-5,9H2,1-3H3,(H,17,19,21)/b16-8+/t10-,12?,13?,14-/m1/s1. The highest BCUT2D eigenvalue weighted by Gasteiger charge is 2.45. The van der Waals surface area contributed by atoms with Gasteiger partial charge in [0, 0.05) is 19.4 Å². The fraction of sp³-hybridized carbons (Fsp3) is 0.667. The normalized spacial score (nSPS) is 25.4. The van der Waals surface area contributed by atoms with Gasteiger partial charge in [-0.25, -0.2) is 4.79 Å². The highest BCUT2D eigenvalue weighted by molar-refractivity contribution is 7.53. The lowest BCUT2D eigenvalue weighted by atomic mass is 10.1. The average Bonchev–Trinajstić information content (AvgIpc) is 2.94. The van der Waals surface area contributed by atoms with Crippen molar-refractivity contribution in [2.45, 2.75) is 38.4 Å². The molecule has 1 aliphatic heterocycles. The second kappa shape index (κ2) is 10.1. The number of H-pyrrole nitrogens is 1. The molecule has 0 bridgehead atoms. The van der Waals surface area contributed by atoms with Crippen LogP contribution in [0.15, 0.2) is 27.0 Å². The summed E-state index contributed by atoms with van der Waals surface area (Å²) in [6.07, 6.45) is -2.09. The van der Waals surface area contributed by atoms with Crippen LogP contribution >= 0.6 is 7.60 Å². The molecular weight excluding hydrogens is 397 g/mol. The van der Waals surface area contributed by atoms with E-state index in [1.54, 1.807) is 13.8 Å². The van der Waals surface area contributed by atoms with Crippen molar-refractivity contribution in [3.05, 3.63) is 33.1 Å². The van der Waals surface area contributed by atoms with Crippen LogP contribution in [0.2, 0.25) is 0 Å². The molecular formula is C15H24N3O9P. The van der Waals surface area contributed by atoms with Crippen LogP contribution in [-0.2, 0) is 27.9 Å². The van der Waals surface area contributed by atoms with Crippen LogP contribution in [0.5, 0.6) is 0 Å². The van der Waals surface area contributed by atoms with Crippen molar-refractivity contribution in [1.82, 2.24) is 9.55 Å². The summed E-state index contributed by atoms with van der Waals surface area (Å²) in [6.45, 7) is 3.70. The van der Waals surface area contributed by atoms with Gasteiger partial charge in [0.2, 0.25) is 6.35 Å². The van der Waals surface area contributed by atoms with Gasteiger partial charge in [0.25, 0.3) is 5.56 Å². The Kier molecular flexibility index (Phi) is 8.10. The van der Waals surface area contributed by atoms with Crippen LogP contribution in [-0.4, -0.2) is 65.9 Å². The van der Waals surface area contributed by atoms with Crippen LogP contribution in [0.1, 0.15) is 20.1 Å². The van der Waals surface area contributed by atoms with Gasteiger partial charge in [0.15, 0.2) is 6.23 Å². The second-order valence-corrected chi connectivity index (χ2v) is 7.66. The maximum Gasteiger partial charge on any atom is 0.370 e. The number of ether oxygens (including phenoxy) is 2. The number of rotatable bonds is 10. The minimum absolute atomic E-state index is 0.180. The van der Waals surface area contributed by atoms with Crippen molar-refractivity contribution in [2.75, 3.05) is 26.7 Å². The number of oxime groups is 1. The summed E-state index contributed by atoms with van der Waals surface area (Å²) in [5, 5.41) is 14.0. The molecule has 13 heteroatoms. The van der Waals surface area contributed by atoms with Crippen LogP contribution in [0, 0.1) is 0 Å². The van der Waals surface area contributed by atoms with E-state index in [9.17, 15) is 19.3 Å². The van der Waals surface area contributed by atoms with Gasteiger partial charge >= 0.3 is 13.3 Å². The van der Waals surface area contributed by atoms with E-state index in [2.05, 4.69) is 10.1 Å². The number of hydrogen-bond donors (Lipinski definition) is 2. The first kappa shape index (κ1) is 22.5. The van der Waals surface area contributed by atoms with Crippen molar-refractivity contribution in [3.8, 4) is 0 Å². The fourth-order valence-corrected chi connectivity index (χ4v) is 3.84. The number of nitrogens with zero attached hydrogens (tertiary/aromatic N) is 2. The van der Waals surface area contributed by atoms with Crippen LogP contribution in [0.3, 0.4) is 0 Å². The van der Waals surface area contributed by atoms with Crippen molar-refractivity contribution in [2.24, 2.45) is 5.16 Å². The van der Waals surface area contributed by atoms with Crippen molar-refractivity contribution < 1.29 is 33.0 Å². The highest BCUT2D eigenvalue weighted by Crippen LogP contribution is 2.47. The zero-order valence-corrected chi connectivity index (χ0v) is 16.6. The SMILES string of the molecule is CCOP(=O)(CO/N=C/[C@H]1O[C@@H](n2ccc(=O)[nH]c2=O)C(OC)C1O)OCC. The van der Waals surface area contributed by atoms with Gasteiger partial charge in [0.05, 0.1) is 19.4 Å². The van der Waals surface area contributed by atoms with E-state index in [4.69, 9.17) is 23.4 Å². The van der Waals surface area contributed by atoms with Gasteiger partial charge in [-0.05, 0) is 13.8 Å². The smallest absolute Gasteiger partial charge is 0.370 e. The summed E-state index contributed by atoms with van der Waals surface area (Å²) >= 11 is 0. The molecule has 1 fully saturated rings. The Morgan fingerprint density at radius 3 is 2.61 bits per heavy atom. The van der Waals surface area contributed by atoms with Gasteiger partial charge in [-0.2, -0.15) is 0 Å². The molecule has 158 valence electrons. The van der Waals surface area contributed by atoms with Crippen molar-refractivity contribution >= 4 is 13.8 Å². The first-order valence-electron chi connectivity index (χ1n) is 8.56.